The SMILES string of the molecule is CC(C)OC(=O)Cl.CC(C)OC(=O)ON(C(N)=O)c1ccc(Cl)c(Cl)c1. The van der Waals surface area contributed by atoms with Crippen LogP contribution in [-0.2, 0) is 14.3 Å². The van der Waals surface area contributed by atoms with Gasteiger partial charge in [-0.15, -0.1) is 5.06 Å². The molecule has 1 aromatic rings. The van der Waals surface area contributed by atoms with E-state index in [1.54, 1.807) is 27.7 Å². The van der Waals surface area contributed by atoms with Crippen LogP contribution in [0.2, 0.25) is 10.0 Å². The highest BCUT2D eigenvalue weighted by molar-refractivity contribution is 6.61. The summed E-state index contributed by atoms with van der Waals surface area (Å²) >= 11 is 16.4. The largest absolute Gasteiger partial charge is 0.534 e. The van der Waals surface area contributed by atoms with E-state index in [9.17, 15) is 14.4 Å². The van der Waals surface area contributed by atoms with Gasteiger partial charge in [0, 0.05) is 11.6 Å². The molecule has 0 aromatic heterocycles. The number of carbonyl (C=O) groups excluding carboxylic acids is 3. The molecule has 0 aliphatic rings. The Bertz CT molecular complexity index is 640. The van der Waals surface area contributed by atoms with Crippen molar-refractivity contribution in [2.75, 3.05) is 5.06 Å². The number of halogens is 3. The second-order valence-corrected chi connectivity index (χ2v) is 6.27. The Morgan fingerprint density at radius 3 is 1.88 bits per heavy atom. The number of hydrogen-bond donors (Lipinski definition) is 1. The van der Waals surface area contributed by atoms with E-state index in [4.69, 9.17) is 50.1 Å². The fourth-order valence-corrected chi connectivity index (χ4v) is 1.78. The van der Waals surface area contributed by atoms with Gasteiger partial charge in [0.25, 0.3) is 0 Å². The first-order valence-corrected chi connectivity index (χ1v) is 8.36. The minimum absolute atomic E-state index is 0.106. The summed E-state index contributed by atoms with van der Waals surface area (Å²) in [5.74, 6) is 0. The molecular weight excluding hydrogens is 411 g/mol. The molecule has 0 fully saturated rings. The average Bonchev–Trinajstić information content (AvgIpc) is 2.46. The molecule has 0 saturated carbocycles. The highest BCUT2D eigenvalue weighted by atomic mass is 35.5. The first-order valence-electron chi connectivity index (χ1n) is 7.23. The molecule has 26 heavy (non-hydrogen) atoms. The number of amides is 2. The Morgan fingerprint density at radius 2 is 1.54 bits per heavy atom. The summed E-state index contributed by atoms with van der Waals surface area (Å²) in [7, 11) is 0. The van der Waals surface area contributed by atoms with E-state index >= 15 is 0 Å². The van der Waals surface area contributed by atoms with E-state index < -0.39 is 23.7 Å². The van der Waals surface area contributed by atoms with E-state index in [1.165, 1.54) is 18.2 Å². The van der Waals surface area contributed by atoms with Crippen molar-refractivity contribution in [2.24, 2.45) is 5.73 Å². The van der Waals surface area contributed by atoms with Gasteiger partial charge in [0.1, 0.15) is 0 Å². The van der Waals surface area contributed by atoms with Crippen molar-refractivity contribution in [3.05, 3.63) is 28.2 Å². The summed E-state index contributed by atoms with van der Waals surface area (Å²) in [4.78, 5) is 37.1. The molecule has 8 nitrogen and oxygen atoms in total. The zero-order chi connectivity index (χ0) is 20.4. The Balaban J connectivity index is 0.000000758. The lowest BCUT2D eigenvalue weighted by molar-refractivity contribution is 0.0324. The molecule has 1 aromatic carbocycles. The van der Waals surface area contributed by atoms with Crippen LogP contribution in [0.25, 0.3) is 0 Å². The molecule has 0 spiro atoms. The Hall–Kier alpha value is -1.90. The summed E-state index contributed by atoms with van der Waals surface area (Å²) in [5, 5.41) is 1.04. The minimum atomic E-state index is -1.06. The number of urea groups is 1. The normalized spacial score (nSPS) is 9.88. The number of ether oxygens (including phenoxy) is 2. The predicted octanol–water partition coefficient (Wildman–Crippen LogP) is 5.13. The number of hydroxylamine groups is 1. The molecule has 0 aliphatic heterocycles. The fourth-order valence-electron chi connectivity index (χ4n) is 1.31. The van der Waals surface area contributed by atoms with Crippen LogP contribution in [0, 0.1) is 0 Å². The maximum Gasteiger partial charge on any atom is 0.534 e. The van der Waals surface area contributed by atoms with Crippen LogP contribution in [-0.4, -0.2) is 29.8 Å². The van der Waals surface area contributed by atoms with E-state index in [-0.39, 0.29) is 16.8 Å². The number of carbonyl (C=O) groups is 3. The maximum atomic E-state index is 11.3. The second-order valence-electron chi connectivity index (χ2n) is 5.14. The summed E-state index contributed by atoms with van der Waals surface area (Å²) in [6.07, 6.45) is -1.55. The van der Waals surface area contributed by atoms with Crippen molar-refractivity contribution in [1.29, 1.82) is 0 Å². The molecule has 0 aliphatic carbocycles. The predicted molar refractivity (Wildman–Crippen MR) is 98.7 cm³/mol. The fraction of sp³-hybridized carbons (Fsp3) is 0.400. The van der Waals surface area contributed by atoms with Crippen LogP contribution >= 0.6 is 34.8 Å². The molecule has 0 unspecified atom stereocenters. The van der Waals surface area contributed by atoms with Crippen LogP contribution in [0.3, 0.4) is 0 Å². The highest BCUT2D eigenvalue weighted by Crippen LogP contribution is 2.27. The maximum absolute atomic E-state index is 11.3. The van der Waals surface area contributed by atoms with Gasteiger partial charge in [-0.05, 0) is 45.9 Å². The Kier molecular flexibility index (Phi) is 10.8. The van der Waals surface area contributed by atoms with Crippen LogP contribution in [0.15, 0.2) is 18.2 Å². The smallest absolute Gasteiger partial charge is 0.451 e. The first-order chi connectivity index (χ1) is 11.9. The zero-order valence-corrected chi connectivity index (χ0v) is 16.8. The number of anilines is 1. The van der Waals surface area contributed by atoms with Crippen molar-refractivity contribution >= 4 is 58.1 Å². The quantitative estimate of drug-likeness (QED) is 0.405. The summed E-state index contributed by atoms with van der Waals surface area (Å²) in [6.45, 7) is 6.74. The van der Waals surface area contributed by atoms with Gasteiger partial charge in [0.15, 0.2) is 0 Å². The second kappa shape index (κ2) is 11.7. The zero-order valence-electron chi connectivity index (χ0n) is 14.5. The minimum Gasteiger partial charge on any atom is -0.451 e. The summed E-state index contributed by atoms with van der Waals surface area (Å²) < 4.78 is 9.11. The van der Waals surface area contributed by atoms with Gasteiger partial charge in [-0.3, -0.25) is 4.84 Å². The third-order valence-electron chi connectivity index (χ3n) is 2.16. The first kappa shape index (κ1) is 24.1. The van der Waals surface area contributed by atoms with Crippen LogP contribution in [0.1, 0.15) is 27.7 Å². The van der Waals surface area contributed by atoms with Gasteiger partial charge in [-0.25, -0.2) is 14.4 Å². The number of nitrogens with two attached hydrogens (primary N) is 1. The van der Waals surface area contributed by atoms with Crippen molar-refractivity contribution in [2.45, 2.75) is 39.9 Å². The van der Waals surface area contributed by atoms with Crippen LogP contribution in [0.5, 0.6) is 0 Å². The van der Waals surface area contributed by atoms with Crippen LogP contribution in [0.4, 0.5) is 20.1 Å². The molecule has 0 saturated heterocycles. The summed E-state index contributed by atoms with van der Waals surface area (Å²) in [6, 6.07) is 3.18. The van der Waals surface area contributed by atoms with Crippen molar-refractivity contribution in [1.82, 2.24) is 0 Å². The topological polar surface area (TPSA) is 108 Å². The highest BCUT2D eigenvalue weighted by Gasteiger charge is 2.20. The molecule has 1 rings (SSSR count). The lowest BCUT2D eigenvalue weighted by Gasteiger charge is -2.19. The van der Waals surface area contributed by atoms with Gasteiger partial charge < -0.3 is 15.2 Å². The van der Waals surface area contributed by atoms with E-state index in [0.717, 1.165) is 0 Å². The lowest BCUT2D eigenvalue weighted by atomic mass is 10.3. The third kappa shape index (κ3) is 10.2. The number of benzene rings is 1. The molecule has 0 bridgehead atoms. The monoisotopic (exact) mass is 428 g/mol. The molecular formula is C15H19Cl3N2O6. The molecule has 2 N–H and O–H groups in total. The summed E-state index contributed by atoms with van der Waals surface area (Å²) in [5.41, 5.74) is 4.53. The van der Waals surface area contributed by atoms with Crippen LogP contribution < -0.4 is 10.8 Å². The number of hydrogen-bond acceptors (Lipinski definition) is 6. The van der Waals surface area contributed by atoms with Gasteiger partial charge in [0.05, 0.1) is 27.9 Å². The number of primary amides is 1. The Morgan fingerprint density at radius 1 is 1.00 bits per heavy atom. The molecule has 0 heterocycles. The van der Waals surface area contributed by atoms with Crippen molar-refractivity contribution < 1.29 is 28.7 Å². The van der Waals surface area contributed by atoms with Gasteiger partial charge in [-0.1, -0.05) is 23.2 Å². The van der Waals surface area contributed by atoms with E-state index in [1.807, 2.05) is 0 Å². The standard InChI is InChI=1S/C11H12Cl2N2O4.C4H7ClO2/c1-6(2)18-11(17)19-15(10(14)16)7-3-4-8(12)9(13)5-7;1-3(2)7-4(5)6/h3-6H,1-2H3,(H2,14,16);3H,1-2H3. The van der Waals surface area contributed by atoms with Gasteiger partial charge in [0.2, 0.25) is 0 Å². The third-order valence-corrected chi connectivity index (χ3v) is 2.99. The van der Waals surface area contributed by atoms with Gasteiger partial charge in [-0.2, -0.15) is 0 Å². The molecule has 2 amide bonds. The van der Waals surface area contributed by atoms with Crippen molar-refractivity contribution in [3.63, 3.8) is 0 Å². The Labute approximate surface area is 166 Å². The number of nitrogens with zero attached hydrogens (tertiary/aromatic N) is 1. The van der Waals surface area contributed by atoms with Gasteiger partial charge >= 0.3 is 17.6 Å². The lowest BCUT2D eigenvalue weighted by Crippen LogP contribution is -2.38. The average molecular weight is 430 g/mol. The molecule has 0 radical (unpaired) electrons. The molecule has 11 heteroatoms. The van der Waals surface area contributed by atoms with Crippen molar-refractivity contribution in [3.8, 4) is 0 Å². The van der Waals surface area contributed by atoms with E-state index in [2.05, 4.69) is 4.74 Å². The number of rotatable bonds is 3. The van der Waals surface area contributed by atoms with E-state index in [0.29, 0.717) is 10.1 Å². The molecule has 146 valence electrons. The molecule has 0 atom stereocenters.